The highest BCUT2D eigenvalue weighted by molar-refractivity contribution is 5.97. The molecule has 3 rings (SSSR count). The van der Waals surface area contributed by atoms with Crippen LogP contribution in [0.3, 0.4) is 0 Å². The van der Waals surface area contributed by atoms with Crippen molar-refractivity contribution in [3.63, 3.8) is 0 Å². The summed E-state index contributed by atoms with van der Waals surface area (Å²) in [7, 11) is 1.33. The number of esters is 1. The molecule has 1 aromatic carbocycles. The average molecular weight is 399 g/mol. The topological polar surface area (TPSA) is 72.8 Å². The van der Waals surface area contributed by atoms with Gasteiger partial charge in [0.2, 0.25) is 0 Å². The maximum atomic E-state index is 12.8. The summed E-state index contributed by atoms with van der Waals surface area (Å²) in [5, 5.41) is 2.84. The van der Waals surface area contributed by atoms with Crippen LogP contribution in [0.15, 0.2) is 42.6 Å². The molecule has 0 aliphatic carbocycles. The molecule has 1 aliphatic heterocycles. The van der Waals surface area contributed by atoms with Gasteiger partial charge in [0.15, 0.2) is 0 Å². The van der Waals surface area contributed by atoms with E-state index in [9.17, 15) is 9.59 Å². The quantitative estimate of drug-likeness (QED) is 0.684. The van der Waals surface area contributed by atoms with Crippen molar-refractivity contribution in [2.24, 2.45) is 0 Å². The molecular formula is C22H29N3O4. The molecule has 7 nitrogen and oxygen atoms in total. The molecule has 0 saturated carbocycles. The molecular weight excluding hydrogens is 370 g/mol. The maximum absolute atomic E-state index is 12.8. The summed E-state index contributed by atoms with van der Waals surface area (Å²) in [6.45, 7) is 7.08. The highest BCUT2D eigenvalue weighted by Crippen LogP contribution is 2.12. The van der Waals surface area contributed by atoms with E-state index >= 15 is 0 Å². The Morgan fingerprint density at radius 3 is 2.55 bits per heavy atom. The number of ether oxygens (including phenoxy) is 2. The fourth-order valence-corrected chi connectivity index (χ4v) is 3.53. The van der Waals surface area contributed by atoms with Crippen molar-refractivity contribution in [1.29, 1.82) is 0 Å². The van der Waals surface area contributed by atoms with Gasteiger partial charge in [-0.15, -0.1) is 0 Å². The van der Waals surface area contributed by atoms with Crippen molar-refractivity contribution in [2.75, 3.05) is 40.0 Å². The molecule has 29 heavy (non-hydrogen) atoms. The van der Waals surface area contributed by atoms with Gasteiger partial charge in [0, 0.05) is 44.5 Å². The zero-order valence-electron chi connectivity index (χ0n) is 17.1. The van der Waals surface area contributed by atoms with Gasteiger partial charge in [0.05, 0.1) is 25.9 Å². The lowest BCUT2D eigenvalue weighted by Gasteiger charge is -2.26. The predicted molar refractivity (Wildman–Crippen MR) is 110 cm³/mol. The summed E-state index contributed by atoms with van der Waals surface area (Å²) in [5.41, 5.74) is 2.43. The molecule has 1 saturated heterocycles. The number of hydrogen-bond donors (Lipinski definition) is 1. The summed E-state index contributed by atoms with van der Waals surface area (Å²) in [6, 6.07) is 10.7. The Bertz CT molecular complexity index is 813. The molecule has 1 fully saturated rings. The molecule has 1 atom stereocenters. The fourth-order valence-electron chi connectivity index (χ4n) is 3.53. The molecule has 1 amide bonds. The van der Waals surface area contributed by atoms with E-state index in [1.54, 1.807) is 6.07 Å². The molecule has 2 aromatic rings. The molecule has 0 spiro atoms. The average Bonchev–Trinajstić information content (AvgIpc) is 3.13. The van der Waals surface area contributed by atoms with Crippen LogP contribution in [-0.2, 0) is 27.2 Å². The molecule has 1 aromatic heterocycles. The number of aromatic nitrogens is 1. The van der Waals surface area contributed by atoms with Gasteiger partial charge < -0.3 is 19.4 Å². The second-order valence-corrected chi connectivity index (χ2v) is 7.20. The highest BCUT2D eigenvalue weighted by atomic mass is 16.5. The monoisotopic (exact) mass is 399 g/mol. The van der Waals surface area contributed by atoms with Gasteiger partial charge in [-0.1, -0.05) is 30.3 Å². The number of nitrogens with zero attached hydrogens (tertiary/aromatic N) is 2. The van der Waals surface area contributed by atoms with E-state index in [0.717, 1.165) is 50.7 Å². The Balaban J connectivity index is 1.63. The summed E-state index contributed by atoms with van der Waals surface area (Å²) < 4.78 is 12.3. The van der Waals surface area contributed by atoms with E-state index in [-0.39, 0.29) is 5.91 Å². The van der Waals surface area contributed by atoms with Crippen molar-refractivity contribution in [1.82, 2.24) is 14.8 Å². The molecule has 0 bridgehead atoms. The van der Waals surface area contributed by atoms with Gasteiger partial charge >= 0.3 is 5.97 Å². The van der Waals surface area contributed by atoms with Crippen LogP contribution in [0.2, 0.25) is 0 Å². The normalized spacial score (nSPS) is 15.7. The lowest BCUT2D eigenvalue weighted by molar-refractivity contribution is -0.142. The van der Waals surface area contributed by atoms with Crippen LogP contribution in [0.25, 0.3) is 0 Å². The summed E-state index contributed by atoms with van der Waals surface area (Å²) in [4.78, 5) is 27.4. The van der Waals surface area contributed by atoms with Crippen LogP contribution >= 0.6 is 0 Å². The standard InChI is InChI=1S/C22H29N3O4/c1-17-19(8-9-25(17)11-10-24-12-14-29-15-13-24)21(26)23-20(22(27)28-2)16-18-6-4-3-5-7-18/h3-9,20H,10-16H2,1-2H3,(H,23,26). The van der Waals surface area contributed by atoms with Crippen molar-refractivity contribution >= 4 is 11.9 Å². The summed E-state index contributed by atoms with van der Waals surface area (Å²) >= 11 is 0. The Morgan fingerprint density at radius 2 is 1.86 bits per heavy atom. The fraction of sp³-hybridized carbons (Fsp3) is 0.455. The SMILES string of the molecule is COC(=O)C(Cc1ccccc1)NC(=O)c1ccn(CCN2CCOCC2)c1C. The Labute approximate surface area is 171 Å². The first-order valence-corrected chi connectivity index (χ1v) is 9.97. The van der Waals surface area contributed by atoms with E-state index in [4.69, 9.17) is 9.47 Å². The van der Waals surface area contributed by atoms with E-state index < -0.39 is 12.0 Å². The lowest BCUT2D eigenvalue weighted by Crippen LogP contribution is -2.43. The largest absolute Gasteiger partial charge is 0.467 e. The molecule has 1 unspecified atom stereocenters. The number of methoxy groups -OCH3 is 1. The van der Waals surface area contributed by atoms with Crippen LogP contribution in [0.4, 0.5) is 0 Å². The number of amides is 1. The summed E-state index contributed by atoms with van der Waals surface area (Å²) in [6.07, 6.45) is 2.31. The smallest absolute Gasteiger partial charge is 0.328 e. The lowest BCUT2D eigenvalue weighted by atomic mass is 10.1. The minimum absolute atomic E-state index is 0.265. The first kappa shape index (κ1) is 21.1. The number of hydrogen-bond acceptors (Lipinski definition) is 5. The second kappa shape index (κ2) is 10.2. The molecule has 7 heteroatoms. The second-order valence-electron chi connectivity index (χ2n) is 7.20. The van der Waals surface area contributed by atoms with Crippen molar-refractivity contribution in [3.8, 4) is 0 Å². The molecule has 1 aliphatic rings. The molecule has 0 radical (unpaired) electrons. The third-order valence-electron chi connectivity index (χ3n) is 5.32. The van der Waals surface area contributed by atoms with Gasteiger partial charge in [-0.25, -0.2) is 4.79 Å². The first-order chi connectivity index (χ1) is 14.1. The van der Waals surface area contributed by atoms with E-state index in [1.807, 2.05) is 43.5 Å². The van der Waals surface area contributed by atoms with Crippen LogP contribution in [0.1, 0.15) is 21.6 Å². The van der Waals surface area contributed by atoms with Crippen LogP contribution < -0.4 is 5.32 Å². The van der Waals surface area contributed by atoms with Crippen molar-refractivity contribution in [2.45, 2.75) is 25.9 Å². The number of morpholine rings is 1. The van der Waals surface area contributed by atoms with Gasteiger partial charge in [-0.05, 0) is 18.6 Å². The Morgan fingerprint density at radius 1 is 1.14 bits per heavy atom. The Hall–Kier alpha value is -2.64. The van der Waals surface area contributed by atoms with Crippen molar-refractivity contribution < 1.29 is 19.1 Å². The van der Waals surface area contributed by atoms with Gasteiger partial charge in [-0.3, -0.25) is 9.69 Å². The van der Waals surface area contributed by atoms with Crippen LogP contribution in [0, 0.1) is 6.92 Å². The zero-order chi connectivity index (χ0) is 20.6. The highest BCUT2D eigenvalue weighted by Gasteiger charge is 2.24. The molecule has 1 N–H and O–H groups in total. The van der Waals surface area contributed by atoms with Gasteiger partial charge in [0.1, 0.15) is 6.04 Å². The minimum atomic E-state index is -0.731. The third kappa shape index (κ3) is 5.68. The minimum Gasteiger partial charge on any atom is -0.467 e. The summed E-state index contributed by atoms with van der Waals surface area (Å²) in [5.74, 6) is -0.717. The van der Waals surface area contributed by atoms with Gasteiger partial charge in [-0.2, -0.15) is 0 Å². The van der Waals surface area contributed by atoms with Crippen LogP contribution in [0.5, 0.6) is 0 Å². The van der Waals surface area contributed by atoms with E-state index in [0.29, 0.717) is 12.0 Å². The number of carbonyl (C=O) groups is 2. The number of rotatable bonds is 8. The van der Waals surface area contributed by atoms with E-state index in [2.05, 4.69) is 14.8 Å². The first-order valence-electron chi connectivity index (χ1n) is 9.97. The molecule has 2 heterocycles. The number of nitrogens with one attached hydrogen (secondary N) is 1. The van der Waals surface area contributed by atoms with Crippen molar-refractivity contribution in [3.05, 3.63) is 59.4 Å². The van der Waals surface area contributed by atoms with Crippen LogP contribution in [-0.4, -0.2) is 67.3 Å². The third-order valence-corrected chi connectivity index (χ3v) is 5.32. The molecule has 156 valence electrons. The van der Waals surface area contributed by atoms with Gasteiger partial charge in [0.25, 0.3) is 5.91 Å². The van der Waals surface area contributed by atoms with E-state index in [1.165, 1.54) is 7.11 Å². The Kier molecular flexibility index (Phi) is 7.43. The number of carbonyl (C=O) groups excluding carboxylic acids is 2. The predicted octanol–water partition coefficient (Wildman–Crippen LogP) is 1.64. The zero-order valence-corrected chi connectivity index (χ0v) is 17.1. The number of benzene rings is 1. The maximum Gasteiger partial charge on any atom is 0.328 e.